The van der Waals surface area contributed by atoms with E-state index >= 15 is 0 Å². The van der Waals surface area contributed by atoms with E-state index in [-0.39, 0.29) is 5.91 Å². The number of hydrogen-bond acceptors (Lipinski definition) is 2. The van der Waals surface area contributed by atoms with Crippen molar-refractivity contribution in [3.05, 3.63) is 58.5 Å². The molecule has 0 atom stereocenters. The van der Waals surface area contributed by atoms with Crippen LogP contribution in [0, 0.1) is 6.92 Å². The first-order valence-corrected chi connectivity index (χ1v) is 6.23. The third-order valence-electron chi connectivity index (χ3n) is 2.32. The molecule has 1 aromatic carbocycles. The Morgan fingerprint density at radius 3 is 2.94 bits per heavy atom. The van der Waals surface area contributed by atoms with Gasteiger partial charge >= 0.3 is 0 Å². The van der Waals surface area contributed by atoms with Crippen molar-refractivity contribution in [3.63, 3.8) is 0 Å². The predicted octanol–water partition coefficient (Wildman–Crippen LogP) is 4.00. The van der Waals surface area contributed by atoms with Gasteiger partial charge < -0.3 is 9.73 Å². The minimum absolute atomic E-state index is 0.197. The molecule has 0 saturated heterocycles. The van der Waals surface area contributed by atoms with Crippen LogP contribution < -0.4 is 5.32 Å². The summed E-state index contributed by atoms with van der Waals surface area (Å²) in [7, 11) is 0. The van der Waals surface area contributed by atoms with Crippen LogP contribution in [0.2, 0.25) is 0 Å². The molecule has 4 heteroatoms. The third-order valence-corrected chi connectivity index (χ3v) is 3.01. The van der Waals surface area contributed by atoms with E-state index in [1.54, 1.807) is 24.5 Å². The average Bonchev–Trinajstić information content (AvgIpc) is 2.84. The standard InChI is InChI=1S/C14H12BrNO2/c1-10-4-6-12(15)13(9-10)16-14(17)7-5-11-3-2-8-18-11/h2-9H,1H3,(H,16,17)/b7-5+. The van der Waals surface area contributed by atoms with Crippen molar-refractivity contribution < 1.29 is 9.21 Å². The van der Waals surface area contributed by atoms with Gasteiger partial charge in [-0.25, -0.2) is 0 Å². The zero-order chi connectivity index (χ0) is 13.0. The summed E-state index contributed by atoms with van der Waals surface area (Å²) in [6.45, 7) is 1.97. The molecule has 1 aromatic heterocycles. The second-order valence-electron chi connectivity index (χ2n) is 3.82. The van der Waals surface area contributed by atoms with Crippen LogP contribution in [0.1, 0.15) is 11.3 Å². The lowest BCUT2D eigenvalue weighted by Crippen LogP contribution is -2.08. The Bertz CT molecular complexity index is 573. The molecule has 92 valence electrons. The molecule has 3 nitrogen and oxygen atoms in total. The number of rotatable bonds is 3. The van der Waals surface area contributed by atoms with Gasteiger partial charge in [-0.15, -0.1) is 0 Å². The van der Waals surface area contributed by atoms with Crippen LogP contribution >= 0.6 is 15.9 Å². The maximum Gasteiger partial charge on any atom is 0.248 e. The number of benzene rings is 1. The molecule has 18 heavy (non-hydrogen) atoms. The van der Waals surface area contributed by atoms with Crippen LogP contribution in [0.25, 0.3) is 6.08 Å². The lowest BCUT2D eigenvalue weighted by Gasteiger charge is -2.05. The number of carbonyl (C=O) groups excluding carboxylic acids is 1. The van der Waals surface area contributed by atoms with Crippen molar-refractivity contribution in [2.45, 2.75) is 6.92 Å². The van der Waals surface area contributed by atoms with Crippen molar-refractivity contribution in [3.8, 4) is 0 Å². The highest BCUT2D eigenvalue weighted by molar-refractivity contribution is 9.10. The molecule has 0 aliphatic heterocycles. The molecule has 1 N–H and O–H groups in total. The Morgan fingerprint density at radius 1 is 1.39 bits per heavy atom. The number of nitrogens with one attached hydrogen (secondary N) is 1. The summed E-state index contributed by atoms with van der Waals surface area (Å²) in [6, 6.07) is 9.34. The molecule has 0 unspecified atom stereocenters. The lowest BCUT2D eigenvalue weighted by atomic mass is 10.2. The highest BCUT2D eigenvalue weighted by Gasteiger charge is 2.03. The van der Waals surface area contributed by atoms with Gasteiger partial charge in [0.2, 0.25) is 5.91 Å². The summed E-state index contributed by atoms with van der Waals surface area (Å²) in [5.74, 6) is 0.450. The fourth-order valence-electron chi connectivity index (χ4n) is 1.45. The van der Waals surface area contributed by atoms with E-state index in [1.165, 1.54) is 6.08 Å². The van der Waals surface area contributed by atoms with E-state index in [0.29, 0.717) is 5.76 Å². The molecule has 2 aromatic rings. The number of aryl methyl sites for hydroxylation is 1. The first-order valence-electron chi connectivity index (χ1n) is 5.44. The molecule has 0 saturated carbocycles. The third kappa shape index (κ3) is 3.34. The van der Waals surface area contributed by atoms with Crippen molar-refractivity contribution in [2.24, 2.45) is 0 Å². The van der Waals surface area contributed by atoms with Gasteiger partial charge in [0.1, 0.15) is 5.76 Å². The molecule has 0 spiro atoms. The van der Waals surface area contributed by atoms with Crippen LogP contribution in [0.5, 0.6) is 0 Å². The highest BCUT2D eigenvalue weighted by atomic mass is 79.9. The number of carbonyl (C=O) groups is 1. The van der Waals surface area contributed by atoms with Gasteiger partial charge in [-0.2, -0.15) is 0 Å². The Hall–Kier alpha value is -1.81. The van der Waals surface area contributed by atoms with Gasteiger partial charge in [-0.05, 0) is 58.8 Å². The number of amides is 1. The molecule has 0 bridgehead atoms. The van der Waals surface area contributed by atoms with Crippen molar-refractivity contribution in [2.75, 3.05) is 5.32 Å². The predicted molar refractivity (Wildman–Crippen MR) is 75.3 cm³/mol. The van der Waals surface area contributed by atoms with E-state index in [4.69, 9.17) is 4.42 Å². The van der Waals surface area contributed by atoms with Crippen molar-refractivity contribution in [1.82, 2.24) is 0 Å². The van der Waals surface area contributed by atoms with E-state index < -0.39 is 0 Å². The van der Waals surface area contributed by atoms with Gasteiger partial charge in [-0.1, -0.05) is 6.07 Å². The maximum atomic E-state index is 11.7. The maximum absolute atomic E-state index is 11.7. The molecule has 0 radical (unpaired) electrons. The van der Waals surface area contributed by atoms with Crippen LogP contribution in [0.4, 0.5) is 5.69 Å². The summed E-state index contributed by atoms with van der Waals surface area (Å²) in [5, 5.41) is 2.80. The Morgan fingerprint density at radius 2 is 2.22 bits per heavy atom. The van der Waals surface area contributed by atoms with E-state index in [2.05, 4.69) is 21.2 Å². The number of halogens is 1. The number of hydrogen-bond donors (Lipinski definition) is 1. The molecule has 1 amide bonds. The first-order chi connectivity index (χ1) is 8.65. The van der Waals surface area contributed by atoms with E-state index in [1.807, 2.05) is 25.1 Å². The first kappa shape index (κ1) is 12.6. The van der Waals surface area contributed by atoms with Gasteiger partial charge in [-0.3, -0.25) is 4.79 Å². The van der Waals surface area contributed by atoms with E-state index in [9.17, 15) is 4.79 Å². The zero-order valence-electron chi connectivity index (χ0n) is 9.81. The smallest absolute Gasteiger partial charge is 0.248 e. The minimum atomic E-state index is -0.197. The molecular weight excluding hydrogens is 294 g/mol. The normalized spacial score (nSPS) is 10.8. The second kappa shape index (κ2) is 5.69. The van der Waals surface area contributed by atoms with Gasteiger partial charge in [0, 0.05) is 10.5 Å². The molecule has 0 aliphatic carbocycles. The summed E-state index contributed by atoms with van der Waals surface area (Å²) >= 11 is 3.39. The minimum Gasteiger partial charge on any atom is -0.465 e. The summed E-state index contributed by atoms with van der Waals surface area (Å²) in [4.78, 5) is 11.7. The quantitative estimate of drug-likeness (QED) is 0.871. The monoisotopic (exact) mass is 305 g/mol. The molecule has 0 aliphatic rings. The van der Waals surface area contributed by atoms with Gasteiger partial charge in [0.05, 0.1) is 12.0 Å². The van der Waals surface area contributed by atoms with Crippen molar-refractivity contribution in [1.29, 1.82) is 0 Å². The molecule has 0 fully saturated rings. The molecular formula is C14H12BrNO2. The van der Waals surface area contributed by atoms with Gasteiger partial charge in [0.25, 0.3) is 0 Å². The fraction of sp³-hybridized carbons (Fsp3) is 0.0714. The van der Waals surface area contributed by atoms with Gasteiger partial charge in [0.15, 0.2) is 0 Å². The molecule has 2 rings (SSSR count). The summed E-state index contributed by atoms with van der Waals surface area (Å²) in [6.07, 6.45) is 4.63. The van der Waals surface area contributed by atoms with Crippen LogP contribution in [-0.4, -0.2) is 5.91 Å². The van der Waals surface area contributed by atoms with Crippen LogP contribution in [-0.2, 0) is 4.79 Å². The van der Waals surface area contributed by atoms with Crippen LogP contribution in [0.3, 0.4) is 0 Å². The number of anilines is 1. The Kier molecular flexibility index (Phi) is 3.99. The fourth-order valence-corrected chi connectivity index (χ4v) is 1.80. The number of furan rings is 1. The topological polar surface area (TPSA) is 42.2 Å². The van der Waals surface area contributed by atoms with Crippen molar-refractivity contribution >= 4 is 33.6 Å². The Balaban J connectivity index is 2.05. The summed E-state index contributed by atoms with van der Waals surface area (Å²) in [5.41, 5.74) is 1.84. The highest BCUT2D eigenvalue weighted by Crippen LogP contribution is 2.23. The largest absolute Gasteiger partial charge is 0.465 e. The summed E-state index contributed by atoms with van der Waals surface area (Å²) < 4.78 is 5.96. The SMILES string of the molecule is Cc1ccc(Br)c(NC(=O)/C=C/c2ccco2)c1. The average molecular weight is 306 g/mol. The second-order valence-corrected chi connectivity index (χ2v) is 4.68. The van der Waals surface area contributed by atoms with Crippen LogP contribution in [0.15, 0.2) is 51.6 Å². The Labute approximate surface area is 114 Å². The lowest BCUT2D eigenvalue weighted by molar-refractivity contribution is -0.111. The zero-order valence-corrected chi connectivity index (χ0v) is 11.4. The van der Waals surface area contributed by atoms with E-state index in [0.717, 1.165) is 15.7 Å². The molecule has 1 heterocycles.